The third-order valence-corrected chi connectivity index (χ3v) is 5.15. The van der Waals surface area contributed by atoms with E-state index in [0.29, 0.717) is 16.4 Å². The van der Waals surface area contributed by atoms with Gasteiger partial charge in [0.15, 0.2) is 5.69 Å². The fraction of sp³-hybridized carbons (Fsp3) is 0.190. The number of aromatic nitrogens is 1. The lowest BCUT2D eigenvalue weighted by Gasteiger charge is -2.10. The van der Waals surface area contributed by atoms with Crippen molar-refractivity contribution in [2.45, 2.75) is 13.5 Å². The number of thiazole rings is 1. The highest BCUT2D eigenvalue weighted by Gasteiger charge is 2.20. The maximum Gasteiger partial charge on any atom is 0.411 e. The van der Waals surface area contributed by atoms with Gasteiger partial charge in [0.1, 0.15) is 17.4 Å². The molecule has 7 nitrogen and oxygen atoms in total. The first-order chi connectivity index (χ1) is 14.0. The predicted molar refractivity (Wildman–Crippen MR) is 110 cm³/mol. The van der Waals surface area contributed by atoms with Crippen LogP contribution in [0, 0.1) is 6.92 Å². The van der Waals surface area contributed by atoms with Crippen LogP contribution in [-0.2, 0) is 16.1 Å². The normalized spacial score (nSPS) is 10.3. The molecule has 1 aromatic heterocycles. The van der Waals surface area contributed by atoms with E-state index in [1.54, 1.807) is 18.2 Å². The van der Waals surface area contributed by atoms with Crippen LogP contribution in [0.15, 0.2) is 48.5 Å². The molecule has 0 aliphatic rings. The van der Waals surface area contributed by atoms with Gasteiger partial charge in [-0.1, -0.05) is 30.3 Å². The Morgan fingerprint density at radius 2 is 1.83 bits per heavy atom. The molecule has 3 rings (SSSR count). The van der Waals surface area contributed by atoms with Gasteiger partial charge in [-0.3, -0.25) is 5.32 Å². The first-order valence-electron chi connectivity index (χ1n) is 8.73. The summed E-state index contributed by atoms with van der Waals surface area (Å²) >= 11 is 1.38. The Morgan fingerprint density at radius 3 is 2.48 bits per heavy atom. The third-order valence-electron chi connectivity index (χ3n) is 4.07. The Balaban J connectivity index is 1.77. The van der Waals surface area contributed by atoms with Crippen LogP contribution in [0.3, 0.4) is 0 Å². The molecule has 0 spiro atoms. The number of ether oxygens (including phenoxy) is 3. The van der Waals surface area contributed by atoms with E-state index in [1.807, 2.05) is 37.3 Å². The van der Waals surface area contributed by atoms with Gasteiger partial charge in [-0.15, -0.1) is 11.3 Å². The lowest BCUT2D eigenvalue weighted by Crippen LogP contribution is -2.11. The molecular formula is C21H20N2O5S. The van der Waals surface area contributed by atoms with Crippen molar-refractivity contribution in [3.8, 4) is 16.2 Å². The number of hydrogen-bond acceptors (Lipinski definition) is 7. The quantitative estimate of drug-likeness (QED) is 0.593. The molecule has 0 fully saturated rings. The molecule has 0 radical (unpaired) electrons. The Hall–Kier alpha value is -3.39. The van der Waals surface area contributed by atoms with E-state index in [0.717, 1.165) is 16.0 Å². The van der Waals surface area contributed by atoms with Crippen molar-refractivity contribution in [3.05, 3.63) is 64.8 Å². The maximum atomic E-state index is 12.1. The Labute approximate surface area is 172 Å². The van der Waals surface area contributed by atoms with Gasteiger partial charge in [0.25, 0.3) is 0 Å². The van der Waals surface area contributed by atoms with Crippen LogP contribution in [0.4, 0.5) is 10.5 Å². The van der Waals surface area contributed by atoms with Crippen molar-refractivity contribution in [2.75, 3.05) is 19.5 Å². The van der Waals surface area contributed by atoms with E-state index in [-0.39, 0.29) is 12.3 Å². The van der Waals surface area contributed by atoms with E-state index in [9.17, 15) is 9.59 Å². The number of nitrogens with one attached hydrogen (secondary N) is 1. The zero-order chi connectivity index (χ0) is 20.8. The summed E-state index contributed by atoms with van der Waals surface area (Å²) in [6.45, 7) is 2.05. The van der Waals surface area contributed by atoms with Gasteiger partial charge in [0.2, 0.25) is 0 Å². The molecule has 3 aromatic rings. The lowest BCUT2D eigenvalue weighted by atomic mass is 10.1. The molecule has 0 saturated carbocycles. The minimum Gasteiger partial charge on any atom is -0.486 e. The van der Waals surface area contributed by atoms with Crippen LogP contribution in [0.2, 0.25) is 0 Å². The minimum atomic E-state index is -0.534. The molecule has 1 N–H and O–H groups in total. The summed E-state index contributed by atoms with van der Waals surface area (Å²) in [6.07, 6.45) is -0.534. The van der Waals surface area contributed by atoms with Gasteiger partial charge in [-0.25, -0.2) is 14.6 Å². The van der Waals surface area contributed by atoms with Crippen LogP contribution in [0.1, 0.15) is 21.1 Å². The van der Waals surface area contributed by atoms with Crippen molar-refractivity contribution in [1.82, 2.24) is 4.98 Å². The fourth-order valence-corrected chi connectivity index (χ4v) is 3.59. The SMILES string of the molecule is COC(=O)Nc1ccc(OCc2nc(C(=O)OC)c(-c3ccccc3)s2)cc1C. The summed E-state index contributed by atoms with van der Waals surface area (Å²) in [5.41, 5.74) is 2.63. The average molecular weight is 412 g/mol. The summed E-state index contributed by atoms with van der Waals surface area (Å²) < 4.78 is 15.3. The van der Waals surface area contributed by atoms with E-state index in [2.05, 4.69) is 15.0 Å². The summed E-state index contributed by atoms with van der Waals surface area (Å²) in [4.78, 5) is 28.6. The van der Waals surface area contributed by atoms with Crippen molar-refractivity contribution < 1.29 is 23.8 Å². The van der Waals surface area contributed by atoms with E-state index < -0.39 is 12.1 Å². The third kappa shape index (κ3) is 4.91. The number of nitrogens with zero attached hydrogens (tertiary/aromatic N) is 1. The second-order valence-electron chi connectivity index (χ2n) is 6.02. The standard InChI is InChI=1S/C21H20N2O5S/c1-13-11-15(9-10-16(13)22-21(25)27-3)28-12-17-23-18(20(24)26-2)19(29-17)14-7-5-4-6-8-14/h4-11H,12H2,1-3H3,(H,22,25). The lowest BCUT2D eigenvalue weighted by molar-refractivity contribution is 0.0595. The number of carbonyl (C=O) groups excluding carboxylic acids is 2. The van der Waals surface area contributed by atoms with Gasteiger partial charge in [-0.05, 0) is 36.2 Å². The molecule has 8 heteroatoms. The first-order valence-corrected chi connectivity index (χ1v) is 9.55. The summed E-state index contributed by atoms with van der Waals surface area (Å²) in [5.74, 6) is 0.134. The highest BCUT2D eigenvalue weighted by molar-refractivity contribution is 7.15. The number of anilines is 1. The molecule has 0 unspecified atom stereocenters. The van der Waals surface area contributed by atoms with Crippen molar-refractivity contribution in [2.24, 2.45) is 0 Å². The number of amides is 1. The van der Waals surface area contributed by atoms with E-state index >= 15 is 0 Å². The monoisotopic (exact) mass is 412 g/mol. The van der Waals surface area contributed by atoms with E-state index in [1.165, 1.54) is 25.6 Å². The molecule has 1 heterocycles. The zero-order valence-electron chi connectivity index (χ0n) is 16.2. The Morgan fingerprint density at radius 1 is 1.07 bits per heavy atom. The van der Waals surface area contributed by atoms with Crippen LogP contribution < -0.4 is 10.1 Å². The topological polar surface area (TPSA) is 86.8 Å². The van der Waals surface area contributed by atoms with Gasteiger partial charge in [-0.2, -0.15) is 0 Å². The summed E-state index contributed by atoms with van der Waals surface area (Å²) in [7, 11) is 2.64. The zero-order valence-corrected chi connectivity index (χ0v) is 17.0. The van der Waals surface area contributed by atoms with Crippen molar-refractivity contribution in [1.29, 1.82) is 0 Å². The molecule has 29 heavy (non-hydrogen) atoms. The van der Waals surface area contributed by atoms with Crippen LogP contribution in [0.25, 0.3) is 10.4 Å². The Kier molecular flexibility index (Phi) is 6.46. The fourth-order valence-electron chi connectivity index (χ4n) is 2.62. The Bertz CT molecular complexity index is 1020. The maximum absolute atomic E-state index is 12.1. The number of hydrogen-bond donors (Lipinski definition) is 1. The predicted octanol–water partition coefficient (Wildman–Crippen LogP) is 4.66. The largest absolute Gasteiger partial charge is 0.486 e. The van der Waals surface area contributed by atoms with Gasteiger partial charge in [0.05, 0.1) is 19.1 Å². The number of rotatable bonds is 6. The summed E-state index contributed by atoms with van der Waals surface area (Å²) in [6, 6.07) is 14.8. The highest BCUT2D eigenvalue weighted by atomic mass is 32.1. The molecule has 150 valence electrons. The molecular weight excluding hydrogens is 392 g/mol. The molecule has 0 aliphatic heterocycles. The van der Waals surface area contributed by atoms with Gasteiger partial charge in [0, 0.05) is 5.69 Å². The smallest absolute Gasteiger partial charge is 0.411 e. The second-order valence-corrected chi connectivity index (χ2v) is 7.11. The molecule has 1 amide bonds. The van der Waals surface area contributed by atoms with Crippen molar-refractivity contribution >= 4 is 29.1 Å². The molecule has 0 aliphatic carbocycles. The number of aryl methyl sites for hydroxylation is 1. The van der Waals surface area contributed by atoms with E-state index in [4.69, 9.17) is 9.47 Å². The summed E-state index contributed by atoms with van der Waals surface area (Å²) in [5, 5.41) is 3.28. The average Bonchev–Trinajstić information content (AvgIpc) is 3.18. The number of benzene rings is 2. The number of carbonyl (C=O) groups is 2. The second kappa shape index (κ2) is 9.20. The number of esters is 1. The van der Waals surface area contributed by atoms with Crippen LogP contribution >= 0.6 is 11.3 Å². The molecule has 2 aromatic carbocycles. The van der Waals surface area contributed by atoms with Crippen LogP contribution in [0.5, 0.6) is 5.75 Å². The van der Waals surface area contributed by atoms with Gasteiger partial charge < -0.3 is 14.2 Å². The minimum absolute atomic E-state index is 0.199. The van der Waals surface area contributed by atoms with Gasteiger partial charge >= 0.3 is 12.1 Å². The molecule has 0 saturated heterocycles. The number of methoxy groups -OCH3 is 2. The first kappa shape index (κ1) is 20.3. The highest BCUT2D eigenvalue weighted by Crippen LogP contribution is 2.31. The molecule has 0 atom stereocenters. The molecule has 0 bridgehead atoms. The van der Waals surface area contributed by atoms with Crippen LogP contribution in [-0.4, -0.2) is 31.3 Å². The van der Waals surface area contributed by atoms with Crippen molar-refractivity contribution in [3.63, 3.8) is 0 Å².